The minimum absolute atomic E-state index is 0.332. The quantitative estimate of drug-likeness (QED) is 0.819. The molecule has 102 valence electrons. The van der Waals surface area contributed by atoms with Crippen molar-refractivity contribution in [2.45, 2.75) is 41.9 Å². The maximum Gasteiger partial charge on any atom is 0.250 e. The van der Waals surface area contributed by atoms with E-state index in [1.807, 2.05) is 0 Å². The molecule has 0 atom stereocenters. The van der Waals surface area contributed by atoms with Gasteiger partial charge in [0.25, 0.3) is 10.0 Å². The van der Waals surface area contributed by atoms with Crippen LogP contribution in [-0.2, 0) is 10.0 Å². The van der Waals surface area contributed by atoms with E-state index in [4.69, 9.17) is 11.6 Å². The number of hydrogen-bond donors (Lipinski definition) is 1. The zero-order valence-corrected chi connectivity index (χ0v) is 13.8. The molecule has 1 aromatic heterocycles. The Bertz CT molecular complexity index is 509. The Hall–Kier alpha value is 0.380. The summed E-state index contributed by atoms with van der Waals surface area (Å²) in [6.45, 7) is 0. The Morgan fingerprint density at radius 2 is 2.00 bits per heavy atom. The van der Waals surface area contributed by atoms with E-state index in [1.165, 1.54) is 11.3 Å². The molecular weight excluding hydrogens is 358 g/mol. The van der Waals surface area contributed by atoms with E-state index in [2.05, 4.69) is 20.7 Å². The standard InChI is InChI=1S/C11H15BrClNO2S2/c12-9-4-5-10(17-9)18(15,16)14-11(8-13)6-2-1-3-7-11/h4-5,14H,1-3,6-8H2. The van der Waals surface area contributed by atoms with Gasteiger partial charge in [0.15, 0.2) is 0 Å². The van der Waals surface area contributed by atoms with Crippen LogP contribution in [0.3, 0.4) is 0 Å². The van der Waals surface area contributed by atoms with Crippen molar-refractivity contribution in [3.8, 4) is 0 Å². The Morgan fingerprint density at radius 3 is 2.50 bits per heavy atom. The van der Waals surface area contributed by atoms with Crippen LogP contribution >= 0.6 is 38.9 Å². The fourth-order valence-corrected chi connectivity index (χ4v) is 6.15. The highest BCUT2D eigenvalue weighted by Gasteiger charge is 2.36. The monoisotopic (exact) mass is 371 g/mol. The Balaban J connectivity index is 2.21. The number of sulfonamides is 1. The van der Waals surface area contributed by atoms with Crippen molar-refractivity contribution in [1.82, 2.24) is 4.72 Å². The lowest BCUT2D eigenvalue weighted by molar-refractivity contribution is 0.298. The topological polar surface area (TPSA) is 46.2 Å². The van der Waals surface area contributed by atoms with Crippen LogP contribution < -0.4 is 4.72 Å². The number of rotatable bonds is 4. The van der Waals surface area contributed by atoms with Gasteiger partial charge in [-0.15, -0.1) is 22.9 Å². The molecule has 0 amide bonds. The van der Waals surface area contributed by atoms with Crippen LogP contribution in [0.1, 0.15) is 32.1 Å². The second kappa shape index (κ2) is 5.79. The molecule has 0 radical (unpaired) electrons. The molecule has 1 aliphatic rings. The lowest BCUT2D eigenvalue weighted by Gasteiger charge is -2.35. The highest BCUT2D eigenvalue weighted by molar-refractivity contribution is 9.11. The third kappa shape index (κ3) is 3.28. The molecule has 2 rings (SSSR count). The lowest BCUT2D eigenvalue weighted by Crippen LogP contribution is -2.50. The Kier molecular flexibility index (Phi) is 4.75. The molecule has 7 heteroatoms. The molecule has 3 nitrogen and oxygen atoms in total. The lowest BCUT2D eigenvalue weighted by atomic mass is 9.84. The van der Waals surface area contributed by atoms with Gasteiger partial charge in [0.1, 0.15) is 4.21 Å². The summed E-state index contributed by atoms with van der Waals surface area (Å²) in [7, 11) is -3.46. The van der Waals surface area contributed by atoms with E-state index in [0.717, 1.165) is 35.9 Å². The van der Waals surface area contributed by atoms with Crippen molar-refractivity contribution in [3.63, 3.8) is 0 Å². The van der Waals surface area contributed by atoms with E-state index < -0.39 is 15.6 Å². The first-order valence-electron chi connectivity index (χ1n) is 5.83. The predicted molar refractivity (Wildman–Crippen MR) is 78.9 cm³/mol. The predicted octanol–water partition coefficient (Wildman–Crippen LogP) is 3.73. The van der Waals surface area contributed by atoms with E-state index in [1.54, 1.807) is 12.1 Å². The summed E-state index contributed by atoms with van der Waals surface area (Å²) in [6, 6.07) is 3.36. The fraction of sp³-hybridized carbons (Fsp3) is 0.636. The summed E-state index contributed by atoms with van der Waals surface area (Å²) >= 11 is 10.5. The first kappa shape index (κ1) is 14.8. The third-order valence-electron chi connectivity index (χ3n) is 3.23. The Morgan fingerprint density at radius 1 is 1.33 bits per heavy atom. The fourth-order valence-electron chi connectivity index (χ4n) is 2.27. The summed E-state index contributed by atoms with van der Waals surface area (Å²) in [5.41, 5.74) is -0.463. The summed E-state index contributed by atoms with van der Waals surface area (Å²) in [5, 5.41) is 0. The van der Waals surface area contributed by atoms with Gasteiger partial charge < -0.3 is 0 Å². The third-order valence-corrected chi connectivity index (χ3v) is 7.44. The molecule has 0 saturated heterocycles. The van der Waals surface area contributed by atoms with Gasteiger partial charge in [-0.3, -0.25) is 0 Å². The molecule has 0 aromatic carbocycles. The first-order chi connectivity index (χ1) is 8.47. The van der Waals surface area contributed by atoms with Crippen molar-refractivity contribution in [3.05, 3.63) is 15.9 Å². The molecule has 1 N–H and O–H groups in total. The van der Waals surface area contributed by atoms with Crippen LogP contribution in [0.4, 0.5) is 0 Å². The van der Waals surface area contributed by atoms with Crippen LogP contribution in [0.25, 0.3) is 0 Å². The van der Waals surface area contributed by atoms with E-state index in [9.17, 15) is 8.42 Å². The molecule has 1 fully saturated rings. The number of nitrogens with one attached hydrogen (secondary N) is 1. The molecule has 1 heterocycles. The molecule has 18 heavy (non-hydrogen) atoms. The van der Waals surface area contributed by atoms with Crippen LogP contribution in [-0.4, -0.2) is 19.8 Å². The van der Waals surface area contributed by atoms with Crippen LogP contribution in [0.2, 0.25) is 0 Å². The van der Waals surface area contributed by atoms with Crippen molar-refractivity contribution >= 4 is 48.9 Å². The molecule has 0 unspecified atom stereocenters. The minimum atomic E-state index is -3.46. The largest absolute Gasteiger partial charge is 0.250 e. The van der Waals surface area contributed by atoms with E-state index in [0.29, 0.717) is 10.1 Å². The SMILES string of the molecule is O=S(=O)(NC1(CCl)CCCCC1)c1ccc(Br)s1. The van der Waals surface area contributed by atoms with Crippen LogP contribution in [0.15, 0.2) is 20.1 Å². The van der Waals surface area contributed by atoms with Crippen LogP contribution in [0.5, 0.6) is 0 Å². The van der Waals surface area contributed by atoms with Crippen LogP contribution in [0, 0.1) is 0 Å². The van der Waals surface area contributed by atoms with Gasteiger partial charge in [-0.2, -0.15) is 0 Å². The van der Waals surface area contributed by atoms with Crippen molar-refractivity contribution < 1.29 is 8.42 Å². The van der Waals surface area contributed by atoms with Gasteiger partial charge in [0, 0.05) is 11.4 Å². The van der Waals surface area contributed by atoms with Gasteiger partial charge in [-0.1, -0.05) is 19.3 Å². The van der Waals surface area contributed by atoms with Crippen molar-refractivity contribution in [2.75, 3.05) is 5.88 Å². The van der Waals surface area contributed by atoms with Gasteiger partial charge in [0.2, 0.25) is 0 Å². The maximum absolute atomic E-state index is 12.3. The molecule has 1 aliphatic carbocycles. The summed E-state index contributed by atoms with van der Waals surface area (Å²) < 4.78 is 28.6. The number of alkyl halides is 1. The average Bonchev–Trinajstić information content (AvgIpc) is 2.77. The highest BCUT2D eigenvalue weighted by Crippen LogP contribution is 2.33. The van der Waals surface area contributed by atoms with Gasteiger partial charge in [-0.05, 0) is 40.9 Å². The summed E-state index contributed by atoms with van der Waals surface area (Å²) in [5.74, 6) is 0.332. The number of hydrogen-bond acceptors (Lipinski definition) is 3. The molecule has 0 spiro atoms. The van der Waals surface area contributed by atoms with Crippen molar-refractivity contribution in [2.24, 2.45) is 0 Å². The second-order valence-electron chi connectivity index (χ2n) is 4.64. The van der Waals surface area contributed by atoms with E-state index in [-0.39, 0.29) is 0 Å². The maximum atomic E-state index is 12.3. The summed E-state index contributed by atoms with van der Waals surface area (Å²) in [4.78, 5) is 0. The van der Waals surface area contributed by atoms with Crippen molar-refractivity contribution in [1.29, 1.82) is 0 Å². The van der Waals surface area contributed by atoms with Gasteiger partial charge in [-0.25, -0.2) is 13.1 Å². The Labute approximate surface area is 125 Å². The van der Waals surface area contributed by atoms with E-state index >= 15 is 0 Å². The summed E-state index contributed by atoms with van der Waals surface area (Å²) in [6.07, 6.45) is 4.86. The zero-order valence-electron chi connectivity index (χ0n) is 9.79. The smallest absolute Gasteiger partial charge is 0.206 e. The number of thiophene rings is 1. The zero-order chi connectivity index (χ0) is 13.2. The minimum Gasteiger partial charge on any atom is -0.206 e. The molecule has 0 aliphatic heterocycles. The molecule has 0 bridgehead atoms. The average molecular weight is 373 g/mol. The highest BCUT2D eigenvalue weighted by atomic mass is 79.9. The molecule has 1 aromatic rings. The van der Waals surface area contributed by atoms with Gasteiger partial charge in [0.05, 0.1) is 3.79 Å². The molecule has 1 saturated carbocycles. The number of halogens is 2. The second-order valence-corrected chi connectivity index (χ2v) is 9.28. The normalized spacial score (nSPS) is 19.9. The first-order valence-corrected chi connectivity index (χ1v) is 9.45. The van der Waals surface area contributed by atoms with Gasteiger partial charge >= 0.3 is 0 Å². The molecular formula is C11H15BrClNO2S2.